The van der Waals surface area contributed by atoms with E-state index >= 15 is 0 Å². The Kier molecular flexibility index (Phi) is 6.86. The van der Waals surface area contributed by atoms with Crippen LogP contribution >= 0.6 is 0 Å². The molecule has 0 saturated heterocycles. The van der Waals surface area contributed by atoms with Gasteiger partial charge in [0.25, 0.3) is 0 Å². The molecule has 1 aromatic rings. The molecular weight excluding hydrogens is 198 g/mol. The number of unbranched alkanes of at least 4 members (excludes halogenated alkanes) is 1. The maximum atomic E-state index is 5.01. The predicted molar refractivity (Wildman–Crippen MR) is 68.9 cm³/mol. The summed E-state index contributed by atoms with van der Waals surface area (Å²) in [7, 11) is 1.76. The van der Waals surface area contributed by atoms with Crippen molar-refractivity contribution in [3.8, 4) is 0 Å². The van der Waals surface area contributed by atoms with Crippen LogP contribution in [0.25, 0.3) is 0 Å². The molecule has 90 valence electrons. The van der Waals surface area contributed by atoms with E-state index < -0.39 is 0 Å². The fourth-order valence-electron chi connectivity index (χ4n) is 1.74. The molecular formula is C14H23NO. The lowest BCUT2D eigenvalue weighted by atomic mass is 10.1. The molecule has 0 atom stereocenters. The second kappa shape index (κ2) is 8.31. The fraction of sp³-hybridized carbons (Fsp3) is 0.571. The van der Waals surface area contributed by atoms with Crippen molar-refractivity contribution < 1.29 is 4.74 Å². The Morgan fingerprint density at radius 3 is 2.69 bits per heavy atom. The van der Waals surface area contributed by atoms with Crippen molar-refractivity contribution in [3.63, 3.8) is 0 Å². The van der Waals surface area contributed by atoms with Crippen LogP contribution in [-0.2, 0) is 11.2 Å². The van der Waals surface area contributed by atoms with E-state index in [0.29, 0.717) is 0 Å². The Hall–Kier alpha value is -0.860. The van der Waals surface area contributed by atoms with Crippen LogP contribution in [0.5, 0.6) is 0 Å². The summed E-state index contributed by atoms with van der Waals surface area (Å²) in [5.41, 5.74) is 2.84. The molecule has 16 heavy (non-hydrogen) atoms. The molecule has 1 aromatic carbocycles. The smallest absolute Gasteiger partial charge is 0.0462 e. The van der Waals surface area contributed by atoms with Gasteiger partial charge < -0.3 is 10.1 Å². The van der Waals surface area contributed by atoms with Gasteiger partial charge in [0, 0.05) is 13.7 Å². The molecule has 0 spiro atoms. The third kappa shape index (κ3) is 5.29. The van der Waals surface area contributed by atoms with Gasteiger partial charge in [-0.2, -0.15) is 0 Å². The molecule has 0 aromatic heterocycles. The van der Waals surface area contributed by atoms with E-state index in [1.54, 1.807) is 7.11 Å². The first-order valence-corrected chi connectivity index (χ1v) is 6.08. The highest BCUT2D eigenvalue weighted by Crippen LogP contribution is 2.06. The maximum absolute atomic E-state index is 5.01. The minimum absolute atomic E-state index is 0.874. The molecule has 0 radical (unpaired) electrons. The minimum atomic E-state index is 0.874. The summed E-state index contributed by atoms with van der Waals surface area (Å²) in [4.78, 5) is 0. The highest BCUT2D eigenvalue weighted by atomic mass is 16.5. The van der Waals surface area contributed by atoms with Gasteiger partial charge in [0.15, 0.2) is 0 Å². The lowest BCUT2D eigenvalue weighted by Crippen LogP contribution is -2.19. The molecule has 0 aliphatic rings. The van der Waals surface area contributed by atoms with Crippen LogP contribution in [0.15, 0.2) is 24.3 Å². The lowest BCUT2D eigenvalue weighted by molar-refractivity contribution is 0.192. The van der Waals surface area contributed by atoms with E-state index in [0.717, 1.165) is 32.5 Å². The van der Waals surface area contributed by atoms with E-state index in [9.17, 15) is 0 Å². The first-order chi connectivity index (χ1) is 7.84. The van der Waals surface area contributed by atoms with Gasteiger partial charge in [-0.15, -0.1) is 0 Å². The van der Waals surface area contributed by atoms with Crippen LogP contribution in [0, 0.1) is 6.92 Å². The van der Waals surface area contributed by atoms with Crippen LogP contribution in [0.1, 0.15) is 24.0 Å². The van der Waals surface area contributed by atoms with Gasteiger partial charge in [-0.25, -0.2) is 0 Å². The highest BCUT2D eigenvalue weighted by Gasteiger charge is 1.96. The first-order valence-electron chi connectivity index (χ1n) is 6.08. The summed E-state index contributed by atoms with van der Waals surface area (Å²) in [6.45, 7) is 5.21. The maximum Gasteiger partial charge on any atom is 0.0462 e. The van der Waals surface area contributed by atoms with Crippen LogP contribution < -0.4 is 5.32 Å². The number of aryl methyl sites for hydroxylation is 1. The average Bonchev–Trinajstić information content (AvgIpc) is 2.30. The zero-order chi connectivity index (χ0) is 11.6. The van der Waals surface area contributed by atoms with Gasteiger partial charge in [-0.05, 0) is 50.4 Å². The number of rotatable bonds is 8. The Labute approximate surface area is 99.0 Å². The molecule has 1 N–H and O–H groups in total. The molecule has 0 saturated carbocycles. The second-order valence-electron chi connectivity index (χ2n) is 4.13. The Morgan fingerprint density at radius 1 is 1.12 bits per heavy atom. The van der Waals surface area contributed by atoms with E-state index in [2.05, 4.69) is 36.5 Å². The zero-order valence-electron chi connectivity index (χ0n) is 10.5. The molecule has 2 heteroatoms. The van der Waals surface area contributed by atoms with Gasteiger partial charge in [-0.1, -0.05) is 24.3 Å². The summed E-state index contributed by atoms with van der Waals surface area (Å²) in [6, 6.07) is 8.59. The van der Waals surface area contributed by atoms with Gasteiger partial charge in [0.05, 0.1) is 0 Å². The Balaban J connectivity index is 2.05. The van der Waals surface area contributed by atoms with Crippen molar-refractivity contribution in [1.82, 2.24) is 5.32 Å². The van der Waals surface area contributed by atoms with Crippen molar-refractivity contribution in [3.05, 3.63) is 35.4 Å². The van der Waals surface area contributed by atoms with E-state index in [-0.39, 0.29) is 0 Å². The van der Waals surface area contributed by atoms with Gasteiger partial charge in [0.2, 0.25) is 0 Å². The fourth-order valence-corrected chi connectivity index (χ4v) is 1.74. The topological polar surface area (TPSA) is 21.3 Å². The zero-order valence-corrected chi connectivity index (χ0v) is 10.5. The summed E-state index contributed by atoms with van der Waals surface area (Å²) in [5.74, 6) is 0. The number of methoxy groups -OCH3 is 1. The molecule has 2 nitrogen and oxygen atoms in total. The average molecular weight is 221 g/mol. The van der Waals surface area contributed by atoms with Crippen LogP contribution in [-0.4, -0.2) is 26.8 Å². The third-order valence-corrected chi connectivity index (χ3v) is 2.78. The number of ether oxygens (including phenoxy) is 1. The third-order valence-electron chi connectivity index (χ3n) is 2.78. The van der Waals surface area contributed by atoms with Crippen molar-refractivity contribution in [2.75, 3.05) is 26.8 Å². The second-order valence-corrected chi connectivity index (χ2v) is 4.13. The van der Waals surface area contributed by atoms with Crippen LogP contribution in [0.4, 0.5) is 0 Å². The number of hydrogen-bond donors (Lipinski definition) is 1. The number of hydrogen-bond acceptors (Lipinski definition) is 2. The minimum Gasteiger partial charge on any atom is -0.385 e. The van der Waals surface area contributed by atoms with Gasteiger partial charge in [-0.3, -0.25) is 0 Å². The predicted octanol–water partition coefficient (Wildman–Crippen LogP) is 2.55. The standard InChI is InChI=1S/C14H23NO/c1-13-7-3-4-8-14(13)9-11-15-10-5-6-12-16-2/h3-4,7-8,15H,5-6,9-12H2,1-2H3. The van der Waals surface area contributed by atoms with E-state index in [1.165, 1.54) is 17.5 Å². The number of nitrogens with one attached hydrogen (secondary N) is 1. The molecule has 0 fully saturated rings. The number of benzene rings is 1. The molecule has 0 unspecified atom stereocenters. The van der Waals surface area contributed by atoms with Crippen molar-refractivity contribution in [2.45, 2.75) is 26.2 Å². The molecule has 0 heterocycles. The van der Waals surface area contributed by atoms with Crippen LogP contribution in [0.2, 0.25) is 0 Å². The molecule has 0 aliphatic carbocycles. The molecule has 0 aliphatic heterocycles. The van der Waals surface area contributed by atoms with Crippen molar-refractivity contribution >= 4 is 0 Å². The molecule has 0 amide bonds. The Bertz CT molecular complexity index is 286. The van der Waals surface area contributed by atoms with Crippen LogP contribution in [0.3, 0.4) is 0 Å². The molecule has 1 rings (SSSR count). The molecule has 0 bridgehead atoms. The summed E-state index contributed by atoms with van der Waals surface area (Å²) in [5, 5.41) is 3.46. The first kappa shape index (κ1) is 13.2. The summed E-state index contributed by atoms with van der Waals surface area (Å²) >= 11 is 0. The van der Waals surface area contributed by atoms with E-state index in [1.807, 2.05) is 0 Å². The van der Waals surface area contributed by atoms with Crippen molar-refractivity contribution in [1.29, 1.82) is 0 Å². The van der Waals surface area contributed by atoms with E-state index in [4.69, 9.17) is 4.74 Å². The normalized spacial score (nSPS) is 10.6. The van der Waals surface area contributed by atoms with Gasteiger partial charge >= 0.3 is 0 Å². The SMILES string of the molecule is COCCCCNCCc1ccccc1C. The van der Waals surface area contributed by atoms with Gasteiger partial charge in [0.1, 0.15) is 0 Å². The summed E-state index contributed by atoms with van der Waals surface area (Å²) in [6.07, 6.45) is 3.46. The Morgan fingerprint density at radius 2 is 1.94 bits per heavy atom. The summed E-state index contributed by atoms with van der Waals surface area (Å²) < 4.78 is 5.01. The lowest BCUT2D eigenvalue weighted by Gasteiger charge is -2.07. The largest absolute Gasteiger partial charge is 0.385 e. The van der Waals surface area contributed by atoms with Crippen molar-refractivity contribution in [2.24, 2.45) is 0 Å². The monoisotopic (exact) mass is 221 g/mol. The highest BCUT2D eigenvalue weighted by molar-refractivity contribution is 5.25. The quantitative estimate of drug-likeness (QED) is 0.681.